The van der Waals surface area contributed by atoms with E-state index in [-0.39, 0.29) is 12.1 Å². The zero-order valence-corrected chi connectivity index (χ0v) is 23.9. The molecule has 3 aromatic heterocycles. The van der Waals surface area contributed by atoms with Crippen molar-refractivity contribution < 1.29 is 9.53 Å². The van der Waals surface area contributed by atoms with Gasteiger partial charge in [0.15, 0.2) is 0 Å². The Morgan fingerprint density at radius 1 is 1.10 bits per heavy atom. The number of imidazole rings is 1. The lowest BCUT2D eigenvalue weighted by Gasteiger charge is -2.38. The van der Waals surface area contributed by atoms with E-state index in [4.69, 9.17) is 9.72 Å². The van der Waals surface area contributed by atoms with E-state index in [1.165, 1.54) is 18.4 Å². The predicted molar refractivity (Wildman–Crippen MR) is 155 cm³/mol. The number of nitrogens with one attached hydrogen (secondary N) is 1. The molecular formula is C31H39N7O2. The topological polar surface area (TPSA) is 92.2 Å². The molecule has 9 heteroatoms. The van der Waals surface area contributed by atoms with Crippen LogP contribution < -0.4 is 0 Å². The first kappa shape index (κ1) is 26.5. The number of carbonyl (C=O) groups is 1. The Labute approximate surface area is 235 Å². The Hall–Kier alpha value is -3.72. The SMILES string of the molecule is CC(c1ccnc(Cc2nc3ccc(-c4cnn(CC5CC5)c4)cc3[nH]2)c1)N1CCN(C(=O)OC(C)(C)C)CC1. The Bertz CT molecular complexity index is 1490. The summed E-state index contributed by atoms with van der Waals surface area (Å²) >= 11 is 0. The second-order valence-corrected chi connectivity index (χ2v) is 12.2. The molecule has 1 N–H and O–H groups in total. The number of carbonyl (C=O) groups excluding carboxylic acids is 1. The molecule has 0 spiro atoms. The third-order valence-corrected chi connectivity index (χ3v) is 7.82. The Morgan fingerprint density at radius 3 is 2.65 bits per heavy atom. The summed E-state index contributed by atoms with van der Waals surface area (Å²) in [5.41, 5.74) is 5.98. The lowest BCUT2D eigenvalue weighted by molar-refractivity contribution is 0.0110. The smallest absolute Gasteiger partial charge is 0.410 e. The van der Waals surface area contributed by atoms with Crippen molar-refractivity contribution >= 4 is 17.1 Å². The highest BCUT2D eigenvalue weighted by molar-refractivity contribution is 5.81. The summed E-state index contributed by atoms with van der Waals surface area (Å²) in [7, 11) is 0. The van der Waals surface area contributed by atoms with Gasteiger partial charge in [0, 0.05) is 68.8 Å². The average molecular weight is 542 g/mol. The number of ether oxygens (including phenoxy) is 1. The number of aromatic amines is 1. The van der Waals surface area contributed by atoms with Gasteiger partial charge in [0.05, 0.1) is 17.2 Å². The number of amides is 1. The summed E-state index contributed by atoms with van der Waals surface area (Å²) in [6, 6.07) is 10.8. The summed E-state index contributed by atoms with van der Waals surface area (Å²) in [5.74, 6) is 1.70. The van der Waals surface area contributed by atoms with Crippen LogP contribution in [0.2, 0.25) is 0 Å². The highest BCUT2D eigenvalue weighted by Gasteiger charge is 2.28. The second kappa shape index (κ2) is 10.7. The van der Waals surface area contributed by atoms with Crippen LogP contribution in [-0.2, 0) is 17.7 Å². The van der Waals surface area contributed by atoms with E-state index in [0.717, 1.165) is 59.2 Å². The average Bonchev–Trinajstić information content (AvgIpc) is 3.46. The minimum absolute atomic E-state index is 0.224. The number of piperazine rings is 1. The Morgan fingerprint density at radius 2 is 1.90 bits per heavy atom. The van der Waals surface area contributed by atoms with Crippen molar-refractivity contribution in [3.8, 4) is 11.1 Å². The minimum Gasteiger partial charge on any atom is -0.444 e. The van der Waals surface area contributed by atoms with Gasteiger partial charge in [-0.3, -0.25) is 14.6 Å². The van der Waals surface area contributed by atoms with Gasteiger partial charge in [-0.05, 0) is 81.8 Å². The molecule has 4 aromatic rings. The molecule has 1 saturated carbocycles. The van der Waals surface area contributed by atoms with Crippen molar-refractivity contribution in [3.05, 3.63) is 66.0 Å². The molecule has 1 aliphatic carbocycles. The quantitative estimate of drug-likeness (QED) is 0.335. The normalized spacial score (nSPS) is 17.4. The van der Waals surface area contributed by atoms with Crippen molar-refractivity contribution in [3.63, 3.8) is 0 Å². The Kier molecular flexibility index (Phi) is 7.08. The highest BCUT2D eigenvalue weighted by atomic mass is 16.6. The van der Waals surface area contributed by atoms with E-state index in [1.807, 2.05) is 33.2 Å². The van der Waals surface area contributed by atoms with Gasteiger partial charge >= 0.3 is 6.09 Å². The van der Waals surface area contributed by atoms with Gasteiger partial charge in [0.2, 0.25) is 0 Å². The van der Waals surface area contributed by atoms with Gasteiger partial charge in [0.1, 0.15) is 11.4 Å². The monoisotopic (exact) mass is 541 g/mol. The van der Waals surface area contributed by atoms with E-state index in [1.54, 1.807) is 4.90 Å². The molecular weight excluding hydrogens is 502 g/mol. The molecule has 6 rings (SSSR count). The molecule has 4 heterocycles. The van der Waals surface area contributed by atoms with Gasteiger partial charge in [-0.25, -0.2) is 9.78 Å². The molecule has 1 aromatic carbocycles. The maximum atomic E-state index is 12.4. The van der Waals surface area contributed by atoms with E-state index >= 15 is 0 Å². The summed E-state index contributed by atoms with van der Waals surface area (Å²) in [6.07, 6.45) is 9.03. The lowest BCUT2D eigenvalue weighted by atomic mass is 10.1. The maximum absolute atomic E-state index is 12.4. The largest absolute Gasteiger partial charge is 0.444 e. The molecule has 0 radical (unpaired) electrons. The summed E-state index contributed by atoms with van der Waals surface area (Å²) in [6.45, 7) is 11.9. The zero-order valence-electron chi connectivity index (χ0n) is 23.9. The molecule has 1 saturated heterocycles. The van der Waals surface area contributed by atoms with Crippen molar-refractivity contribution in [2.75, 3.05) is 26.2 Å². The molecule has 1 unspecified atom stereocenters. The molecule has 210 valence electrons. The third-order valence-electron chi connectivity index (χ3n) is 7.82. The first-order valence-electron chi connectivity index (χ1n) is 14.4. The fraction of sp³-hybridized carbons (Fsp3) is 0.484. The van der Waals surface area contributed by atoms with Crippen LogP contribution in [0.15, 0.2) is 48.9 Å². The number of nitrogens with zero attached hydrogens (tertiary/aromatic N) is 6. The molecule has 1 aliphatic heterocycles. The van der Waals surface area contributed by atoms with Crippen molar-refractivity contribution in [1.82, 2.24) is 34.5 Å². The number of hydrogen-bond acceptors (Lipinski definition) is 6. The van der Waals surface area contributed by atoms with Crippen LogP contribution in [0.4, 0.5) is 4.79 Å². The number of hydrogen-bond donors (Lipinski definition) is 1. The molecule has 2 aliphatic rings. The first-order valence-corrected chi connectivity index (χ1v) is 14.4. The van der Waals surface area contributed by atoms with Crippen molar-refractivity contribution in [2.24, 2.45) is 5.92 Å². The van der Waals surface area contributed by atoms with Crippen LogP contribution in [0.3, 0.4) is 0 Å². The van der Waals surface area contributed by atoms with Crippen LogP contribution in [0.25, 0.3) is 22.2 Å². The van der Waals surface area contributed by atoms with E-state index in [9.17, 15) is 4.79 Å². The summed E-state index contributed by atoms with van der Waals surface area (Å²) in [5, 5.41) is 4.55. The number of H-pyrrole nitrogens is 1. The Balaban J connectivity index is 1.09. The van der Waals surface area contributed by atoms with Gasteiger partial charge in [-0.1, -0.05) is 6.07 Å². The van der Waals surface area contributed by atoms with Crippen LogP contribution in [-0.4, -0.2) is 72.4 Å². The van der Waals surface area contributed by atoms with Crippen molar-refractivity contribution in [2.45, 2.75) is 65.1 Å². The number of fused-ring (bicyclic) bond motifs is 1. The summed E-state index contributed by atoms with van der Waals surface area (Å²) < 4.78 is 7.61. The number of aromatic nitrogens is 5. The van der Waals surface area contributed by atoms with E-state index < -0.39 is 5.60 Å². The minimum atomic E-state index is -0.476. The second-order valence-electron chi connectivity index (χ2n) is 12.2. The van der Waals surface area contributed by atoms with Gasteiger partial charge in [0.25, 0.3) is 0 Å². The van der Waals surface area contributed by atoms with Gasteiger partial charge < -0.3 is 14.6 Å². The van der Waals surface area contributed by atoms with Gasteiger partial charge in [-0.15, -0.1) is 0 Å². The lowest BCUT2D eigenvalue weighted by Crippen LogP contribution is -2.50. The fourth-order valence-electron chi connectivity index (χ4n) is 5.36. The maximum Gasteiger partial charge on any atom is 0.410 e. The fourth-order valence-corrected chi connectivity index (χ4v) is 5.36. The van der Waals surface area contributed by atoms with Crippen LogP contribution in [0.1, 0.15) is 63.7 Å². The van der Waals surface area contributed by atoms with Gasteiger partial charge in [-0.2, -0.15) is 5.10 Å². The number of benzene rings is 1. The van der Waals surface area contributed by atoms with Crippen LogP contribution >= 0.6 is 0 Å². The van der Waals surface area contributed by atoms with Crippen LogP contribution in [0.5, 0.6) is 0 Å². The van der Waals surface area contributed by atoms with E-state index in [0.29, 0.717) is 19.5 Å². The first-order chi connectivity index (χ1) is 19.2. The number of rotatable bonds is 7. The zero-order chi connectivity index (χ0) is 27.9. The molecule has 1 amide bonds. The van der Waals surface area contributed by atoms with E-state index in [2.05, 4.69) is 68.1 Å². The number of pyridine rings is 1. The predicted octanol–water partition coefficient (Wildman–Crippen LogP) is 5.44. The highest BCUT2D eigenvalue weighted by Crippen LogP contribution is 2.31. The molecule has 2 fully saturated rings. The third kappa shape index (κ3) is 6.20. The van der Waals surface area contributed by atoms with Crippen LogP contribution in [0, 0.1) is 5.92 Å². The summed E-state index contributed by atoms with van der Waals surface area (Å²) in [4.78, 5) is 29.6. The van der Waals surface area contributed by atoms with Crippen molar-refractivity contribution in [1.29, 1.82) is 0 Å². The molecule has 1 atom stereocenters. The standard InChI is InChI=1S/C31H39N7O2/c1-21(36-11-13-37(14-12-36)30(39)40-31(2,3)4)23-9-10-32-26(15-23)17-29-34-27-8-7-24(16-28(27)35-29)25-18-33-38(20-25)19-22-5-6-22/h7-10,15-16,18,20-22H,5-6,11-14,17,19H2,1-4H3,(H,34,35). The molecule has 0 bridgehead atoms. The molecule has 40 heavy (non-hydrogen) atoms. The molecule has 9 nitrogen and oxygen atoms in total.